The monoisotopic (exact) mass is 251 g/mol. The Morgan fingerprint density at radius 2 is 1.62 bits per heavy atom. The Hall–Kier alpha value is 0.900. The second-order valence-corrected chi connectivity index (χ2v) is 3.08. The van der Waals surface area contributed by atoms with Crippen LogP contribution in [0.5, 0.6) is 0 Å². The average Bonchev–Trinajstić information content (AvgIpc) is 2.09. The zero-order chi connectivity index (χ0) is 11.0. The summed E-state index contributed by atoms with van der Waals surface area (Å²) in [4.78, 5) is 20.9. The minimum atomic E-state index is -1.25. The Balaban J connectivity index is -0.000000845. The van der Waals surface area contributed by atoms with Crippen LogP contribution >= 0.6 is 0 Å². The summed E-state index contributed by atoms with van der Waals surface area (Å²) in [6.45, 7) is 3.67. The third-order valence-electron chi connectivity index (χ3n) is 1.94. The molecule has 0 aliphatic rings. The third kappa shape index (κ3) is 11.4. The fourth-order valence-corrected chi connectivity index (χ4v) is 1.13. The van der Waals surface area contributed by atoms with Crippen LogP contribution in [0.3, 0.4) is 0 Å². The Bertz CT molecular complexity index is 188. The number of hydrogen-bond acceptors (Lipinski definition) is 3. The first-order valence-electron chi connectivity index (χ1n) is 4.76. The third-order valence-corrected chi connectivity index (χ3v) is 1.94. The van der Waals surface area contributed by atoms with Crippen molar-refractivity contribution in [3.63, 3.8) is 0 Å². The van der Waals surface area contributed by atoms with Gasteiger partial charge in [0.2, 0.25) is 0 Å². The molecular weight excluding hydrogens is 232 g/mol. The Kier molecular flexibility index (Phi) is 19.3. The standard InChI is InChI=1S/C9H17NO4.2Na.2H/c1-2-10-6-4-3-5-7(8(11)12)9(13)14;;;;/h7,10H,2-6H2,1H3,(H,11,12)(H,13,14);;;;. The molecule has 0 bridgehead atoms. The van der Waals surface area contributed by atoms with E-state index in [4.69, 9.17) is 10.2 Å². The summed E-state index contributed by atoms with van der Waals surface area (Å²) in [5.74, 6) is -3.75. The molecule has 0 spiro atoms. The molecule has 86 valence electrons. The molecule has 0 aliphatic heterocycles. The molecule has 0 aromatic carbocycles. The molecule has 0 radical (unpaired) electrons. The van der Waals surface area contributed by atoms with Crippen molar-refractivity contribution in [1.29, 1.82) is 0 Å². The summed E-state index contributed by atoms with van der Waals surface area (Å²) in [5, 5.41) is 20.2. The molecule has 0 aliphatic carbocycles. The van der Waals surface area contributed by atoms with Gasteiger partial charge in [-0.3, -0.25) is 9.59 Å². The van der Waals surface area contributed by atoms with Gasteiger partial charge in [0, 0.05) is 0 Å². The van der Waals surface area contributed by atoms with Crippen LogP contribution in [-0.4, -0.2) is 94.4 Å². The predicted molar refractivity (Wildman–Crippen MR) is 65.5 cm³/mol. The van der Waals surface area contributed by atoms with E-state index in [1.807, 2.05) is 6.92 Å². The van der Waals surface area contributed by atoms with Crippen LogP contribution in [0, 0.1) is 5.92 Å². The second kappa shape index (κ2) is 14.0. The summed E-state index contributed by atoms with van der Waals surface area (Å²) in [6, 6.07) is 0. The number of carboxylic acids is 2. The van der Waals surface area contributed by atoms with E-state index in [1.165, 1.54) is 0 Å². The molecule has 0 unspecified atom stereocenters. The number of carboxylic acid groups (broad SMARTS) is 2. The number of carbonyl (C=O) groups is 2. The fraction of sp³-hybridized carbons (Fsp3) is 0.778. The molecule has 0 saturated heterocycles. The van der Waals surface area contributed by atoms with Gasteiger partial charge in [-0.1, -0.05) is 13.3 Å². The first-order valence-corrected chi connectivity index (χ1v) is 4.76. The first kappa shape index (κ1) is 22.1. The van der Waals surface area contributed by atoms with Crippen LogP contribution in [-0.2, 0) is 9.59 Å². The second-order valence-electron chi connectivity index (χ2n) is 3.08. The summed E-state index contributed by atoms with van der Waals surface area (Å²) in [6.07, 6.45) is 1.64. The van der Waals surface area contributed by atoms with Gasteiger partial charge in [-0.05, 0) is 25.9 Å². The first-order chi connectivity index (χ1) is 6.59. The van der Waals surface area contributed by atoms with Crippen LogP contribution in [0.4, 0.5) is 0 Å². The molecule has 5 nitrogen and oxygen atoms in total. The van der Waals surface area contributed by atoms with Gasteiger partial charge in [-0.25, -0.2) is 0 Å². The predicted octanol–water partition coefficient (Wildman–Crippen LogP) is -0.745. The van der Waals surface area contributed by atoms with Gasteiger partial charge in [0.25, 0.3) is 0 Å². The molecular formula is C9H19NNa2O4. The summed E-state index contributed by atoms with van der Waals surface area (Å²) >= 11 is 0. The van der Waals surface area contributed by atoms with Crippen molar-refractivity contribution in [3.05, 3.63) is 0 Å². The molecule has 0 saturated carbocycles. The number of aliphatic carboxylic acids is 2. The summed E-state index contributed by atoms with van der Waals surface area (Å²) in [7, 11) is 0. The number of rotatable bonds is 8. The summed E-state index contributed by atoms with van der Waals surface area (Å²) < 4.78 is 0. The van der Waals surface area contributed by atoms with Crippen molar-refractivity contribution in [2.75, 3.05) is 13.1 Å². The van der Waals surface area contributed by atoms with Crippen LogP contribution < -0.4 is 5.32 Å². The zero-order valence-corrected chi connectivity index (χ0v) is 8.32. The number of hydrogen-bond donors (Lipinski definition) is 3. The Morgan fingerprint density at radius 3 is 2.00 bits per heavy atom. The number of nitrogens with one attached hydrogen (secondary N) is 1. The zero-order valence-electron chi connectivity index (χ0n) is 8.32. The van der Waals surface area contributed by atoms with E-state index in [1.54, 1.807) is 0 Å². The molecule has 0 fully saturated rings. The van der Waals surface area contributed by atoms with Crippen LogP contribution in [0.15, 0.2) is 0 Å². The van der Waals surface area contributed by atoms with E-state index in [-0.39, 0.29) is 65.5 Å². The maximum absolute atomic E-state index is 10.5. The van der Waals surface area contributed by atoms with Crippen molar-refractivity contribution in [2.45, 2.75) is 26.2 Å². The van der Waals surface area contributed by atoms with Gasteiger partial charge >= 0.3 is 71.1 Å². The van der Waals surface area contributed by atoms with Gasteiger partial charge < -0.3 is 15.5 Å². The van der Waals surface area contributed by atoms with E-state index >= 15 is 0 Å². The normalized spacial score (nSPS) is 9.12. The maximum atomic E-state index is 10.5. The quantitative estimate of drug-likeness (QED) is 0.300. The van der Waals surface area contributed by atoms with Crippen LogP contribution in [0.25, 0.3) is 0 Å². The minimum absolute atomic E-state index is 0. The van der Waals surface area contributed by atoms with E-state index in [0.717, 1.165) is 19.5 Å². The Labute approximate surface area is 140 Å². The molecule has 0 atom stereocenters. The number of unbranched alkanes of at least 4 members (excludes halogenated alkanes) is 1. The fourth-order valence-electron chi connectivity index (χ4n) is 1.13. The van der Waals surface area contributed by atoms with E-state index in [2.05, 4.69) is 5.32 Å². The van der Waals surface area contributed by atoms with Crippen molar-refractivity contribution in [3.8, 4) is 0 Å². The van der Waals surface area contributed by atoms with Gasteiger partial charge in [0.15, 0.2) is 5.92 Å². The average molecular weight is 251 g/mol. The van der Waals surface area contributed by atoms with E-state index in [0.29, 0.717) is 6.42 Å². The SMILES string of the molecule is CCNCCCCC(C(=O)O)C(=O)O.[NaH].[NaH]. The van der Waals surface area contributed by atoms with E-state index in [9.17, 15) is 9.59 Å². The molecule has 0 aromatic rings. The Morgan fingerprint density at radius 1 is 1.12 bits per heavy atom. The molecule has 7 heteroatoms. The van der Waals surface area contributed by atoms with Gasteiger partial charge in [-0.15, -0.1) is 0 Å². The van der Waals surface area contributed by atoms with Crippen molar-refractivity contribution >= 4 is 71.1 Å². The van der Waals surface area contributed by atoms with Gasteiger partial charge in [-0.2, -0.15) is 0 Å². The molecule has 0 rings (SSSR count). The topological polar surface area (TPSA) is 86.6 Å². The van der Waals surface area contributed by atoms with Gasteiger partial charge in [0.1, 0.15) is 0 Å². The van der Waals surface area contributed by atoms with E-state index < -0.39 is 17.9 Å². The van der Waals surface area contributed by atoms with Crippen molar-refractivity contribution < 1.29 is 19.8 Å². The van der Waals surface area contributed by atoms with Crippen LogP contribution in [0.1, 0.15) is 26.2 Å². The molecule has 16 heavy (non-hydrogen) atoms. The van der Waals surface area contributed by atoms with Crippen LogP contribution in [0.2, 0.25) is 0 Å². The molecule has 0 aromatic heterocycles. The van der Waals surface area contributed by atoms with Crippen molar-refractivity contribution in [1.82, 2.24) is 5.32 Å². The molecule has 0 heterocycles. The summed E-state index contributed by atoms with van der Waals surface area (Å²) in [5.41, 5.74) is 0. The van der Waals surface area contributed by atoms with Crippen molar-refractivity contribution in [2.24, 2.45) is 5.92 Å². The molecule has 3 N–H and O–H groups in total. The van der Waals surface area contributed by atoms with Gasteiger partial charge in [0.05, 0.1) is 0 Å². The molecule has 0 amide bonds.